The molecule has 26 heavy (non-hydrogen) atoms. The van der Waals surface area contributed by atoms with Crippen molar-refractivity contribution < 1.29 is 18.7 Å². The summed E-state index contributed by atoms with van der Waals surface area (Å²) < 4.78 is 24.3. The molecule has 1 saturated heterocycles. The Hall–Kier alpha value is -2.32. The number of rotatable bonds is 4. The van der Waals surface area contributed by atoms with E-state index in [0.29, 0.717) is 27.3 Å². The number of ether oxygens (including phenoxy) is 2. The summed E-state index contributed by atoms with van der Waals surface area (Å²) in [7, 11) is 3.11. The number of hydrogen-bond donors (Lipinski definition) is 1. The number of benzene rings is 2. The second kappa shape index (κ2) is 7.92. The van der Waals surface area contributed by atoms with E-state index in [0.717, 1.165) is 10.0 Å². The largest absolute Gasteiger partial charge is 0.493 e. The van der Waals surface area contributed by atoms with E-state index >= 15 is 0 Å². The zero-order chi connectivity index (χ0) is 18.7. The van der Waals surface area contributed by atoms with Crippen LogP contribution in [0.15, 0.2) is 50.8 Å². The fraction of sp³-hybridized carbons (Fsp3) is 0.111. The lowest BCUT2D eigenvalue weighted by molar-refractivity contribution is -0.115. The van der Waals surface area contributed by atoms with E-state index in [4.69, 9.17) is 9.47 Å². The zero-order valence-electron chi connectivity index (χ0n) is 13.9. The molecule has 0 saturated carbocycles. The van der Waals surface area contributed by atoms with Crippen LogP contribution in [0.25, 0.3) is 6.08 Å². The topological polar surface area (TPSA) is 59.9 Å². The summed E-state index contributed by atoms with van der Waals surface area (Å²) in [5.41, 5.74) is 1.33. The number of carbonyl (C=O) groups excluding carboxylic acids is 1. The molecular formula is C18H14BrFN2O3S. The summed E-state index contributed by atoms with van der Waals surface area (Å²) >= 11 is 4.68. The van der Waals surface area contributed by atoms with Crippen molar-refractivity contribution in [2.24, 2.45) is 4.99 Å². The Morgan fingerprint density at radius 1 is 1.15 bits per heavy atom. The third-order valence-corrected chi connectivity index (χ3v) is 5.09. The van der Waals surface area contributed by atoms with Gasteiger partial charge >= 0.3 is 0 Å². The molecule has 1 amide bonds. The molecule has 0 spiro atoms. The van der Waals surface area contributed by atoms with E-state index in [1.165, 1.54) is 23.9 Å². The van der Waals surface area contributed by atoms with E-state index in [1.54, 1.807) is 44.6 Å². The minimum Gasteiger partial charge on any atom is -0.493 e. The van der Waals surface area contributed by atoms with E-state index in [1.807, 2.05) is 0 Å². The molecule has 0 unspecified atom stereocenters. The lowest BCUT2D eigenvalue weighted by atomic mass is 10.2. The first-order valence-corrected chi connectivity index (χ1v) is 9.08. The molecule has 1 N–H and O–H groups in total. The highest BCUT2D eigenvalue weighted by atomic mass is 79.9. The molecule has 2 aromatic rings. The Bertz CT molecular complexity index is 913. The number of halogens is 2. The van der Waals surface area contributed by atoms with Gasteiger partial charge in [0.2, 0.25) is 0 Å². The Kier molecular flexibility index (Phi) is 5.63. The Labute approximate surface area is 162 Å². The normalized spacial score (nSPS) is 16.8. The smallest absolute Gasteiger partial charge is 0.264 e. The second-order valence-electron chi connectivity index (χ2n) is 5.19. The van der Waals surface area contributed by atoms with Gasteiger partial charge in [-0.3, -0.25) is 4.79 Å². The van der Waals surface area contributed by atoms with Crippen LogP contribution in [0, 0.1) is 5.82 Å². The number of amidine groups is 1. The fourth-order valence-corrected chi connectivity index (χ4v) is 3.50. The highest BCUT2D eigenvalue weighted by molar-refractivity contribution is 9.10. The van der Waals surface area contributed by atoms with Gasteiger partial charge in [-0.25, -0.2) is 9.38 Å². The third kappa shape index (κ3) is 4.08. The first-order valence-electron chi connectivity index (χ1n) is 7.47. The zero-order valence-corrected chi connectivity index (χ0v) is 16.3. The maximum atomic E-state index is 13.0. The summed E-state index contributed by atoms with van der Waals surface area (Å²) in [6.07, 6.45) is 1.74. The second-order valence-corrected chi connectivity index (χ2v) is 7.07. The van der Waals surface area contributed by atoms with Gasteiger partial charge in [-0.2, -0.15) is 0 Å². The molecule has 3 rings (SSSR count). The van der Waals surface area contributed by atoms with Crippen LogP contribution in [0.5, 0.6) is 11.5 Å². The van der Waals surface area contributed by atoms with Gasteiger partial charge in [0.1, 0.15) is 5.82 Å². The summed E-state index contributed by atoms with van der Waals surface area (Å²) in [5.74, 6) is 0.559. The number of hydrogen-bond acceptors (Lipinski definition) is 5. The maximum Gasteiger partial charge on any atom is 0.264 e. The lowest BCUT2D eigenvalue weighted by Gasteiger charge is -2.10. The first-order chi connectivity index (χ1) is 12.5. The van der Waals surface area contributed by atoms with Crippen LogP contribution < -0.4 is 14.8 Å². The van der Waals surface area contributed by atoms with Crippen molar-refractivity contribution in [1.82, 2.24) is 5.32 Å². The van der Waals surface area contributed by atoms with Crippen molar-refractivity contribution in [3.05, 3.63) is 57.2 Å². The standard InChI is InChI=1S/C18H14BrFN2O3S/c1-24-14-7-10(13(19)9-15(14)25-2)8-16-17(23)22-18(26-16)21-12-5-3-11(20)4-6-12/h3-9H,1-2H3,(H,21,22,23)/b16-8+. The predicted molar refractivity (Wildman–Crippen MR) is 104 cm³/mol. The van der Waals surface area contributed by atoms with Gasteiger partial charge in [0.05, 0.1) is 24.8 Å². The van der Waals surface area contributed by atoms with Gasteiger partial charge in [0.25, 0.3) is 5.91 Å². The van der Waals surface area contributed by atoms with Crippen LogP contribution >= 0.6 is 27.7 Å². The van der Waals surface area contributed by atoms with E-state index in [-0.39, 0.29) is 11.7 Å². The average molecular weight is 437 g/mol. The number of nitrogens with zero attached hydrogens (tertiary/aromatic N) is 1. The molecule has 1 aliphatic rings. The Morgan fingerprint density at radius 3 is 2.46 bits per heavy atom. The van der Waals surface area contributed by atoms with Crippen molar-refractivity contribution in [2.45, 2.75) is 0 Å². The molecular weight excluding hydrogens is 423 g/mol. The minimum atomic E-state index is -0.337. The van der Waals surface area contributed by atoms with Gasteiger partial charge in [-0.15, -0.1) is 0 Å². The molecule has 5 nitrogen and oxygen atoms in total. The summed E-state index contributed by atoms with van der Waals surface area (Å²) in [4.78, 5) is 17.0. The van der Waals surface area contributed by atoms with Crippen LogP contribution in [-0.2, 0) is 4.79 Å². The number of aliphatic imine (C=N–C) groups is 1. The number of nitrogens with one attached hydrogen (secondary N) is 1. The van der Waals surface area contributed by atoms with Crippen molar-refractivity contribution in [3.63, 3.8) is 0 Å². The molecule has 0 radical (unpaired) electrons. The molecule has 2 aromatic carbocycles. The van der Waals surface area contributed by atoms with Crippen molar-refractivity contribution >= 4 is 50.5 Å². The number of methoxy groups -OCH3 is 2. The first kappa shape index (κ1) is 18.5. The van der Waals surface area contributed by atoms with Crippen LogP contribution in [0.1, 0.15) is 5.56 Å². The van der Waals surface area contributed by atoms with Crippen LogP contribution in [0.2, 0.25) is 0 Å². The highest BCUT2D eigenvalue weighted by Crippen LogP contribution is 2.36. The quantitative estimate of drug-likeness (QED) is 0.716. The minimum absolute atomic E-state index is 0.252. The van der Waals surface area contributed by atoms with Crippen LogP contribution in [-0.4, -0.2) is 25.3 Å². The molecule has 1 fully saturated rings. The Morgan fingerprint density at radius 2 is 1.81 bits per heavy atom. The summed E-state index contributed by atoms with van der Waals surface area (Å²) in [6.45, 7) is 0. The number of thioether (sulfide) groups is 1. The van der Waals surface area contributed by atoms with Crippen LogP contribution in [0.4, 0.5) is 10.1 Å². The predicted octanol–water partition coefficient (Wildman–Crippen LogP) is 4.50. The van der Waals surface area contributed by atoms with Gasteiger partial charge in [-0.1, -0.05) is 15.9 Å². The maximum absolute atomic E-state index is 13.0. The molecule has 0 atom stereocenters. The van der Waals surface area contributed by atoms with Gasteiger partial charge in [0.15, 0.2) is 16.7 Å². The van der Waals surface area contributed by atoms with E-state index in [2.05, 4.69) is 26.2 Å². The van der Waals surface area contributed by atoms with Crippen molar-refractivity contribution in [3.8, 4) is 11.5 Å². The lowest BCUT2D eigenvalue weighted by Crippen LogP contribution is -2.19. The molecule has 134 valence electrons. The van der Waals surface area contributed by atoms with Crippen LogP contribution in [0.3, 0.4) is 0 Å². The number of carbonyl (C=O) groups is 1. The Balaban J connectivity index is 1.88. The van der Waals surface area contributed by atoms with E-state index in [9.17, 15) is 9.18 Å². The summed E-state index contributed by atoms with van der Waals surface area (Å²) in [6, 6.07) is 9.27. The highest BCUT2D eigenvalue weighted by Gasteiger charge is 2.24. The van der Waals surface area contributed by atoms with Crippen molar-refractivity contribution in [1.29, 1.82) is 0 Å². The van der Waals surface area contributed by atoms with E-state index < -0.39 is 0 Å². The number of amides is 1. The monoisotopic (exact) mass is 436 g/mol. The molecule has 1 heterocycles. The molecule has 8 heteroatoms. The molecule has 0 aromatic heterocycles. The average Bonchev–Trinajstić information content (AvgIpc) is 2.97. The van der Waals surface area contributed by atoms with Gasteiger partial charge < -0.3 is 14.8 Å². The third-order valence-electron chi connectivity index (χ3n) is 3.50. The summed E-state index contributed by atoms with van der Waals surface area (Å²) in [5, 5.41) is 3.13. The SMILES string of the molecule is COc1cc(Br)c(/C=C2/SC(=Nc3ccc(F)cc3)NC2=O)cc1OC. The molecule has 0 bridgehead atoms. The van der Waals surface area contributed by atoms with Gasteiger partial charge in [0, 0.05) is 4.47 Å². The fourth-order valence-electron chi connectivity index (χ4n) is 2.24. The van der Waals surface area contributed by atoms with Crippen molar-refractivity contribution in [2.75, 3.05) is 14.2 Å². The molecule has 0 aliphatic carbocycles. The van der Waals surface area contributed by atoms with Gasteiger partial charge in [-0.05, 0) is 59.8 Å². The molecule has 1 aliphatic heterocycles.